The van der Waals surface area contributed by atoms with Crippen LogP contribution >= 0.6 is 0 Å². The highest BCUT2D eigenvalue weighted by molar-refractivity contribution is 5.94. The minimum atomic E-state index is -0.0977. The number of amides is 1. The molecule has 0 radical (unpaired) electrons. The lowest BCUT2D eigenvalue weighted by atomic mass is 9.88. The molecule has 0 aromatic heterocycles. The third kappa shape index (κ3) is 4.32. The molecule has 156 valence electrons. The van der Waals surface area contributed by atoms with Crippen LogP contribution in [0.3, 0.4) is 0 Å². The Bertz CT molecular complexity index is 868. The van der Waals surface area contributed by atoms with Crippen LogP contribution in [0, 0.1) is 0 Å². The number of carbonyl (C=O) groups is 1. The molecule has 1 heterocycles. The minimum absolute atomic E-state index is 0.0548. The molecule has 0 fully saturated rings. The summed E-state index contributed by atoms with van der Waals surface area (Å²) in [6.45, 7) is 6.26. The molecule has 3 atom stereocenters. The summed E-state index contributed by atoms with van der Waals surface area (Å²) < 4.78 is 16.3. The van der Waals surface area contributed by atoms with E-state index in [4.69, 9.17) is 14.2 Å². The van der Waals surface area contributed by atoms with Gasteiger partial charge >= 0.3 is 0 Å². The van der Waals surface area contributed by atoms with Crippen LogP contribution in [0.15, 0.2) is 36.4 Å². The summed E-state index contributed by atoms with van der Waals surface area (Å²) in [4.78, 5) is 14.3. The van der Waals surface area contributed by atoms with Crippen LogP contribution in [0.25, 0.3) is 0 Å². The van der Waals surface area contributed by atoms with Gasteiger partial charge in [-0.05, 0) is 49.7 Å². The Balaban J connectivity index is 1.90. The normalized spacial score (nSPS) is 19.1. The molecule has 2 aromatic rings. The van der Waals surface area contributed by atoms with E-state index in [-0.39, 0.29) is 18.0 Å². The summed E-state index contributed by atoms with van der Waals surface area (Å²) in [5, 5.41) is 3.20. The highest BCUT2D eigenvalue weighted by atomic mass is 16.5. The number of ether oxygens (including phenoxy) is 3. The van der Waals surface area contributed by atoms with Gasteiger partial charge in [-0.1, -0.05) is 6.07 Å². The number of nitrogens with one attached hydrogen (secondary N) is 2. The highest BCUT2D eigenvalue weighted by Crippen LogP contribution is 2.35. The van der Waals surface area contributed by atoms with Gasteiger partial charge in [-0.3, -0.25) is 4.79 Å². The molecule has 0 spiro atoms. The molecule has 1 amide bonds. The summed E-state index contributed by atoms with van der Waals surface area (Å²) in [6, 6.07) is 11.5. The largest absolute Gasteiger partial charge is 0.497 e. The fourth-order valence-electron chi connectivity index (χ4n) is 4.27. The van der Waals surface area contributed by atoms with E-state index in [1.165, 1.54) is 16.0 Å². The van der Waals surface area contributed by atoms with Gasteiger partial charge < -0.3 is 24.4 Å². The molecule has 0 aliphatic carbocycles. The zero-order valence-corrected chi connectivity index (χ0v) is 17.9. The van der Waals surface area contributed by atoms with E-state index in [1.54, 1.807) is 33.5 Å². The average molecular weight is 400 g/mol. The molecule has 1 aliphatic heterocycles. The fourth-order valence-corrected chi connectivity index (χ4v) is 4.27. The zero-order chi connectivity index (χ0) is 21.0. The van der Waals surface area contributed by atoms with Gasteiger partial charge in [-0.15, -0.1) is 0 Å². The van der Waals surface area contributed by atoms with Gasteiger partial charge in [-0.2, -0.15) is 0 Å². The van der Waals surface area contributed by atoms with Crippen molar-refractivity contribution >= 4 is 5.91 Å². The summed E-state index contributed by atoms with van der Waals surface area (Å²) in [5.41, 5.74) is 3.06. The topological polar surface area (TPSA) is 61.2 Å². The van der Waals surface area contributed by atoms with Crippen LogP contribution in [-0.2, 0) is 6.42 Å². The van der Waals surface area contributed by atoms with Crippen molar-refractivity contribution in [3.05, 3.63) is 53.1 Å². The molecule has 1 aliphatic rings. The molecule has 2 aromatic carbocycles. The van der Waals surface area contributed by atoms with E-state index >= 15 is 0 Å². The van der Waals surface area contributed by atoms with Crippen molar-refractivity contribution in [2.75, 3.05) is 34.4 Å². The van der Waals surface area contributed by atoms with Crippen LogP contribution < -0.4 is 24.4 Å². The van der Waals surface area contributed by atoms with E-state index < -0.39 is 0 Å². The first-order valence-corrected chi connectivity index (χ1v) is 10.1. The highest BCUT2D eigenvalue weighted by Gasteiger charge is 2.36. The predicted octanol–water partition coefficient (Wildman–Crippen LogP) is 2.03. The van der Waals surface area contributed by atoms with Crippen molar-refractivity contribution in [2.24, 2.45) is 0 Å². The molecule has 6 heteroatoms. The molecular weight excluding hydrogens is 368 g/mol. The second-order valence-corrected chi connectivity index (χ2v) is 7.39. The van der Waals surface area contributed by atoms with E-state index in [9.17, 15) is 4.79 Å². The fraction of sp³-hybridized carbons (Fsp3) is 0.435. The van der Waals surface area contributed by atoms with Crippen LogP contribution in [0.4, 0.5) is 0 Å². The second-order valence-electron chi connectivity index (χ2n) is 7.39. The number of hydrogen-bond acceptors (Lipinski definition) is 4. The first-order valence-electron chi connectivity index (χ1n) is 10.1. The summed E-state index contributed by atoms with van der Waals surface area (Å²) >= 11 is 0. The van der Waals surface area contributed by atoms with E-state index in [2.05, 4.69) is 31.3 Å². The number of rotatable bonds is 7. The Morgan fingerprint density at radius 2 is 1.86 bits per heavy atom. The number of carbonyl (C=O) groups excluding carboxylic acids is 1. The number of quaternary nitrogens is 1. The number of benzene rings is 2. The number of methoxy groups -OCH3 is 3. The van der Waals surface area contributed by atoms with Crippen LogP contribution in [0.2, 0.25) is 0 Å². The Morgan fingerprint density at radius 3 is 2.52 bits per heavy atom. The van der Waals surface area contributed by atoms with Crippen molar-refractivity contribution in [3.8, 4) is 17.2 Å². The average Bonchev–Trinajstić information content (AvgIpc) is 2.76. The van der Waals surface area contributed by atoms with Crippen molar-refractivity contribution < 1.29 is 23.9 Å². The van der Waals surface area contributed by atoms with Gasteiger partial charge in [0.1, 0.15) is 11.8 Å². The van der Waals surface area contributed by atoms with Gasteiger partial charge in [0.2, 0.25) is 0 Å². The summed E-state index contributed by atoms with van der Waals surface area (Å²) in [7, 11) is 4.91. The van der Waals surface area contributed by atoms with Gasteiger partial charge in [0.25, 0.3) is 5.91 Å². The van der Waals surface area contributed by atoms with Gasteiger partial charge in [0.05, 0.1) is 40.5 Å². The molecule has 0 saturated carbocycles. The SMILES string of the molecule is CC[NH+]1CCc2cc(OC)c(OC)cc2[C@@H]1[C@@H](C)NC(=O)c1cccc(OC)c1. The lowest BCUT2D eigenvalue weighted by Crippen LogP contribution is -3.14. The van der Waals surface area contributed by atoms with Crippen LogP contribution in [-0.4, -0.2) is 46.4 Å². The Kier molecular flexibility index (Phi) is 6.64. The van der Waals surface area contributed by atoms with Crippen molar-refractivity contribution in [1.82, 2.24) is 5.32 Å². The Labute approximate surface area is 172 Å². The van der Waals surface area contributed by atoms with Gasteiger partial charge in [0, 0.05) is 17.5 Å². The van der Waals surface area contributed by atoms with Crippen molar-refractivity contribution in [1.29, 1.82) is 0 Å². The van der Waals surface area contributed by atoms with E-state index in [0.29, 0.717) is 11.3 Å². The quantitative estimate of drug-likeness (QED) is 0.748. The predicted molar refractivity (Wildman–Crippen MR) is 112 cm³/mol. The molecular formula is C23H31N2O4+. The molecule has 0 saturated heterocycles. The molecule has 3 rings (SSSR count). The number of fused-ring (bicyclic) bond motifs is 1. The standard InChI is InChI=1S/C23H30N2O4/c1-6-25-11-10-16-13-20(28-4)21(29-5)14-19(16)22(25)15(2)24-23(26)17-8-7-9-18(12-17)27-3/h7-9,12-15,22H,6,10-11H2,1-5H3,(H,24,26)/p+1/t15-,22+/m1/s1. The second kappa shape index (κ2) is 9.18. The smallest absolute Gasteiger partial charge is 0.251 e. The van der Waals surface area contributed by atoms with Crippen molar-refractivity contribution in [3.63, 3.8) is 0 Å². The lowest BCUT2D eigenvalue weighted by molar-refractivity contribution is -0.933. The maximum absolute atomic E-state index is 12.9. The van der Waals surface area contributed by atoms with Gasteiger partial charge in [0.15, 0.2) is 11.5 Å². The maximum Gasteiger partial charge on any atom is 0.251 e. The Morgan fingerprint density at radius 1 is 1.14 bits per heavy atom. The molecule has 2 N–H and O–H groups in total. The molecule has 6 nitrogen and oxygen atoms in total. The summed E-state index contributed by atoms with van der Waals surface area (Å²) in [6.07, 6.45) is 0.978. The maximum atomic E-state index is 12.9. The monoisotopic (exact) mass is 399 g/mol. The first-order chi connectivity index (χ1) is 14.0. The van der Waals surface area contributed by atoms with Gasteiger partial charge in [-0.25, -0.2) is 0 Å². The molecule has 1 unspecified atom stereocenters. The summed E-state index contributed by atoms with van der Waals surface area (Å²) in [5.74, 6) is 2.04. The lowest BCUT2D eigenvalue weighted by Gasteiger charge is -2.37. The van der Waals surface area contributed by atoms with Crippen LogP contribution in [0.1, 0.15) is 41.4 Å². The number of likely N-dealkylation sites (N-methyl/N-ethyl adjacent to an activating group) is 1. The van der Waals surface area contributed by atoms with E-state index in [0.717, 1.165) is 31.0 Å². The van der Waals surface area contributed by atoms with E-state index in [1.807, 2.05) is 12.1 Å². The van der Waals surface area contributed by atoms with Crippen LogP contribution in [0.5, 0.6) is 17.2 Å². The third-order valence-electron chi connectivity index (χ3n) is 5.78. The minimum Gasteiger partial charge on any atom is -0.497 e. The first kappa shape index (κ1) is 21.0. The zero-order valence-electron chi connectivity index (χ0n) is 17.9. The Hall–Kier alpha value is -2.73. The number of hydrogen-bond donors (Lipinski definition) is 2. The van der Waals surface area contributed by atoms with Crippen molar-refractivity contribution in [2.45, 2.75) is 32.4 Å². The molecule has 29 heavy (non-hydrogen) atoms. The third-order valence-corrected chi connectivity index (χ3v) is 5.78. The molecule has 0 bridgehead atoms.